The van der Waals surface area contributed by atoms with Gasteiger partial charge in [0.25, 0.3) is 10.1 Å². The molecule has 0 aliphatic heterocycles. The van der Waals surface area contributed by atoms with E-state index in [0.29, 0.717) is 6.42 Å². The van der Waals surface area contributed by atoms with Gasteiger partial charge in [-0.2, -0.15) is 8.42 Å². The summed E-state index contributed by atoms with van der Waals surface area (Å²) in [5, 5.41) is 0. The van der Waals surface area contributed by atoms with Crippen LogP contribution in [0.25, 0.3) is 0 Å². The Morgan fingerprint density at radius 1 is 0.622 bits per heavy atom. The van der Waals surface area contributed by atoms with Crippen LogP contribution in [0.1, 0.15) is 176 Å². The molecule has 0 radical (unpaired) electrons. The number of ether oxygens (including phenoxy) is 1. The molecule has 0 saturated carbocycles. The van der Waals surface area contributed by atoms with Crippen LogP contribution in [0.3, 0.4) is 0 Å². The van der Waals surface area contributed by atoms with Crippen molar-refractivity contribution >= 4 is 16.1 Å². The van der Waals surface area contributed by atoms with Crippen LogP contribution < -0.4 is 51.4 Å². The Labute approximate surface area is 275 Å². The van der Waals surface area contributed by atoms with E-state index in [1.165, 1.54) is 142 Å². The molecule has 1 atom stereocenters. The summed E-state index contributed by atoms with van der Waals surface area (Å²) >= 11 is 0. The van der Waals surface area contributed by atoms with Crippen molar-refractivity contribution in [3.05, 3.63) is 0 Å². The van der Waals surface area contributed by atoms with Gasteiger partial charge in [-0.25, -0.2) is 0 Å². The zero-order valence-corrected chi connectivity index (χ0v) is 28.9. The van der Waals surface area contributed by atoms with Gasteiger partial charge < -0.3 is 6.16 Å². The largest absolute Gasteiger partial charge is 1.00 e. The van der Waals surface area contributed by atoms with E-state index in [1.807, 2.05) is 0 Å². The van der Waals surface area contributed by atoms with Crippen LogP contribution in [0.4, 0.5) is 0 Å². The van der Waals surface area contributed by atoms with E-state index < -0.39 is 27.9 Å². The molecule has 0 aromatic rings. The fourth-order valence-electron chi connectivity index (χ4n) is 4.98. The molecule has 0 fully saturated rings. The molecule has 0 bridgehead atoms. The van der Waals surface area contributed by atoms with Crippen LogP contribution in [-0.4, -0.2) is 30.8 Å². The molecule has 5 nitrogen and oxygen atoms in total. The van der Waals surface area contributed by atoms with Crippen molar-refractivity contribution in [2.24, 2.45) is 0 Å². The van der Waals surface area contributed by atoms with E-state index in [4.69, 9.17) is 9.29 Å². The maximum absolute atomic E-state index is 11.1. The Balaban J connectivity index is -0.00000612. The minimum Gasteiger partial charge on any atom is -1.00 e. The molecule has 218 valence electrons. The Kier molecular flexibility index (Phi) is 32.5. The molecule has 0 aliphatic rings. The van der Waals surface area contributed by atoms with Crippen molar-refractivity contribution in [3.8, 4) is 0 Å². The van der Waals surface area contributed by atoms with E-state index in [9.17, 15) is 13.2 Å². The van der Waals surface area contributed by atoms with E-state index >= 15 is 0 Å². The Morgan fingerprint density at radius 3 is 1.14 bits per heavy atom. The standard InChI is InChI=1S/C30H60O5S.K.H/c1-3-4-5-6-7-8-9-10-11-12-13-14-15-16-17-18-19-20-21-22-23-24-25-26-27-30(35-29(2)31)28-36(32,33)34;;/h30H,3-28H2,1-2H3,(H,32,33,34);;/q;+1;-1. The second kappa shape index (κ2) is 30.0. The molecule has 0 aliphatic carbocycles. The molecule has 7 heteroatoms. The summed E-state index contributed by atoms with van der Waals surface area (Å²) in [5.41, 5.74) is 0. The average Bonchev–Trinajstić information content (AvgIpc) is 2.80. The van der Waals surface area contributed by atoms with Crippen LogP contribution in [0, 0.1) is 0 Å². The van der Waals surface area contributed by atoms with Crippen molar-refractivity contribution in [2.75, 3.05) is 5.75 Å². The normalized spacial score (nSPS) is 12.3. The van der Waals surface area contributed by atoms with Gasteiger partial charge in [0.2, 0.25) is 0 Å². The van der Waals surface area contributed by atoms with Gasteiger partial charge in [0.1, 0.15) is 11.9 Å². The Morgan fingerprint density at radius 2 is 0.892 bits per heavy atom. The molecule has 0 saturated heterocycles. The summed E-state index contributed by atoms with van der Waals surface area (Å²) in [6.45, 7) is 3.54. The van der Waals surface area contributed by atoms with E-state index in [-0.39, 0.29) is 52.8 Å². The first-order valence-electron chi connectivity index (χ1n) is 15.5. The third-order valence-corrected chi connectivity index (χ3v) is 7.90. The third-order valence-electron chi connectivity index (χ3n) is 7.11. The summed E-state index contributed by atoms with van der Waals surface area (Å²) in [6, 6.07) is 0. The van der Waals surface area contributed by atoms with E-state index in [1.54, 1.807) is 0 Å². The second-order valence-corrected chi connectivity index (χ2v) is 12.4. The van der Waals surface area contributed by atoms with Gasteiger partial charge >= 0.3 is 57.4 Å². The number of unbranched alkanes of at least 4 members (excludes halogenated alkanes) is 23. The molecular formula is C30H61KO5S. The molecule has 1 unspecified atom stereocenters. The van der Waals surface area contributed by atoms with Crippen molar-refractivity contribution < 1.29 is 75.3 Å². The summed E-state index contributed by atoms with van der Waals surface area (Å²) in [5.74, 6) is -1.01. The molecule has 0 aromatic heterocycles. The zero-order chi connectivity index (χ0) is 26.7. The fraction of sp³-hybridized carbons (Fsp3) is 0.967. The van der Waals surface area contributed by atoms with Gasteiger partial charge in [0.15, 0.2) is 0 Å². The van der Waals surface area contributed by atoms with Gasteiger partial charge in [0.05, 0.1) is 0 Å². The van der Waals surface area contributed by atoms with Gasteiger partial charge in [-0.15, -0.1) is 0 Å². The summed E-state index contributed by atoms with van der Waals surface area (Å²) in [4.78, 5) is 11.1. The first kappa shape index (κ1) is 40.2. The molecule has 0 rings (SSSR count). The fourth-order valence-corrected chi connectivity index (χ4v) is 5.68. The van der Waals surface area contributed by atoms with Crippen LogP contribution in [0.2, 0.25) is 0 Å². The van der Waals surface area contributed by atoms with Crippen molar-refractivity contribution in [3.63, 3.8) is 0 Å². The average molecular weight is 573 g/mol. The molecule has 0 aromatic carbocycles. The van der Waals surface area contributed by atoms with Gasteiger partial charge in [-0.3, -0.25) is 9.35 Å². The van der Waals surface area contributed by atoms with Crippen molar-refractivity contribution in [1.82, 2.24) is 0 Å². The maximum atomic E-state index is 11.1. The molecular weight excluding hydrogens is 511 g/mol. The van der Waals surface area contributed by atoms with Gasteiger partial charge in [-0.05, 0) is 12.8 Å². The SMILES string of the molecule is CCCCCCCCCCCCCCCCCCCCCCCCCCC(CS(=O)(=O)O)OC(C)=O.[H-].[K+]. The van der Waals surface area contributed by atoms with Gasteiger partial charge in [0, 0.05) is 6.92 Å². The minimum absolute atomic E-state index is 0. The molecule has 0 spiro atoms. The number of esters is 1. The van der Waals surface area contributed by atoms with Crippen molar-refractivity contribution in [1.29, 1.82) is 0 Å². The Hall–Kier alpha value is 1.02. The third kappa shape index (κ3) is 35.0. The maximum Gasteiger partial charge on any atom is 1.00 e. The predicted octanol–water partition coefficient (Wildman–Crippen LogP) is 6.69. The number of hydrogen-bond donors (Lipinski definition) is 1. The molecule has 1 N–H and O–H groups in total. The molecule has 37 heavy (non-hydrogen) atoms. The van der Waals surface area contributed by atoms with E-state index in [2.05, 4.69) is 6.92 Å². The van der Waals surface area contributed by atoms with Crippen LogP contribution in [0.5, 0.6) is 0 Å². The van der Waals surface area contributed by atoms with Crippen LogP contribution in [0.15, 0.2) is 0 Å². The zero-order valence-electron chi connectivity index (χ0n) is 26.0. The quantitative estimate of drug-likeness (QED) is 0.0489. The minimum atomic E-state index is -4.12. The van der Waals surface area contributed by atoms with Crippen LogP contribution in [-0.2, 0) is 19.6 Å². The summed E-state index contributed by atoms with van der Waals surface area (Å²) in [6.07, 6.45) is 31.9. The Bertz CT molecular complexity index is 589. The summed E-state index contributed by atoms with van der Waals surface area (Å²) in [7, 11) is -4.12. The smallest absolute Gasteiger partial charge is 1.00 e. The molecule has 0 amide bonds. The van der Waals surface area contributed by atoms with Gasteiger partial charge in [-0.1, -0.05) is 155 Å². The number of carbonyl (C=O) groups excluding carboxylic acids is 1. The first-order chi connectivity index (χ1) is 17.3. The number of hydrogen-bond acceptors (Lipinski definition) is 4. The number of carbonyl (C=O) groups is 1. The summed E-state index contributed by atoms with van der Waals surface area (Å²) < 4.78 is 36.0. The predicted molar refractivity (Wildman–Crippen MR) is 154 cm³/mol. The van der Waals surface area contributed by atoms with E-state index in [0.717, 1.165) is 19.3 Å². The van der Waals surface area contributed by atoms with Crippen LogP contribution >= 0.6 is 0 Å². The first-order valence-corrected chi connectivity index (χ1v) is 17.1. The van der Waals surface area contributed by atoms with Crippen molar-refractivity contribution in [2.45, 2.75) is 180 Å². The number of rotatable bonds is 28. The molecule has 0 heterocycles. The topological polar surface area (TPSA) is 80.7 Å². The second-order valence-electron chi connectivity index (χ2n) is 10.9. The monoisotopic (exact) mass is 572 g/mol.